The molecular weight excluding hydrogens is 252 g/mol. The van der Waals surface area contributed by atoms with Gasteiger partial charge in [-0.25, -0.2) is 0 Å². The molecule has 21 heavy (non-hydrogen) atoms. The lowest BCUT2D eigenvalue weighted by Crippen LogP contribution is -2.31. The van der Waals surface area contributed by atoms with Crippen LogP contribution < -0.4 is 0 Å². The van der Waals surface area contributed by atoms with Gasteiger partial charge in [0, 0.05) is 0 Å². The Morgan fingerprint density at radius 3 is 1.52 bits per heavy atom. The number of hydrogen-bond donors (Lipinski definition) is 0. The molecule has 0 bridgehead atoms. The van der Waals surface area contributed by atoms with Gasteiger partial charge in [0.2, 0.25) is 0 Å². The highest BCUT2D eigenvalue weighted by Crippen LogP contribution is 2.44. The Morgan fingerprint density at radius 1 is 0.667 bits per heavy atom. The van der Waals surface area contributed by atoms with Crippen LogP contribution in [0.1, 0.15) is 104 Å². The molecule has 0 aromatic rings. The SMILES string of the molecule is CCC(C1CCCCCC1)C(CC(C)C)C1CCCCC1. The summed E-state index contributed by atoms with van der Waals surface area (Å²) in [5, 5.41) is 0. The smallest absolute Gasteiger partial charge is 0.0352 e. The van der Waals surface area contributed by atoms with Crippen molar-refractivity contribution in [3.63, 3.8) is 0 Å². The zero-order valence-electron chi connectivity index (χ0n) is 15.1. The summed E-state index contributed by atoms with van der Waals surface area (Å²) >= 11 is 0. The van der Waals surface area contributed by atoms with E-state index < -0.39 is 0 Å². The molecule has 0 N–H and O–H groups in total. The highest BCUT2D eigenvalue weighted by atomic mass is 14.4. The van der Waals surface area contributed by atoms with Crippen molar-refractivity contribution in [3.8, 4) is 0 Å². The van der Waals surface area contributed by atoms with E-state index in [1.54, 1.807) is 25.7 Å². The average molecular weight is 293 g/mol. The van der Waals surface area contributed by atoms with Crippen LogP contribution in [0.3, 0.4) is 0 Å². The first-order valence-electron chi connectivity index (χ1n) is 10.2. The van der Waals surface area contributed by atoms with Crippen molar-refractivity contribution < 1.29 is 0 Å². The van der Waals surface area contributed by atoms with Gasteiger partial charge in [-0.05, 0) is 36.0 Å². The minimum absolute atomic E-state index is 0.886. The summed E-state index contributed by atoms with van der Waals surface area (Å²) in [5.74, 6) is 5.08. The first kappa shape index (κ1) is 17.4. The van der Waals surface area contributed by atoms with Crippen LogP contribution in [-0.2, 0) is 0 Å². The molecule has 2 rings (SSSR count). The highest BCUT2D eigenvalue weighted by molar-refractivity contribution is 4.84. The summed E-state index contributed by atoms with van der Waals surface area (Å²) in [6.45, 7) is 7.40. The van der Waals surface area contributed by atoms with Crippen LogP contribution >= 0.6 is 0 Å². The van der Waals surface area contributed by atoms with Crippen LogP contribution in [0.2, 0.25) is 0 Å². The molecule has 2 fully saturated rings. The molecule has 0 aromatic heterocycles. The van der Waals surface area contributed by atoms with Crippen molar-refractivity contribution >= 4 is 0 Å². The van der Waals surface area contributed by atoms with Gasteiger partial charge >= 0.3 is 0 Å². The fourth-order valence-electron chi connectivity index (χ4n) is 5.55. The average Bonchev–Trinajstić information content (AvgIpc) is 2.77. The minimum atomic E-state index is 0.886. The molecule has 2 aliphatic rings. The van der Waals surface area contributed by atoms with E-state index in [0.29, 0.717) is 0 Å². The molecule has 0 amide bonds. The largest absolute Gasteiger partial charge is 0.0651 e. The summed E-state index contributed by atoms with van der Waals surface area (Å²) < 4.78 is 0. The molecule has 0 heteroatoms. The van der Waals surface area contributed by atoms with Crippen molar-refractivity contribution in [2.75, 3.05) is 0 Å². The second-order valence-corrected chi connectivity index (χ2v) is 8.52. The van der Waals surface area contributed by atoms with Crippen LogP contribution in [-0.4, -0.2) is 0 Å². The Labute approximate surface area is 134 Å². The first-order valence-corrected chi connectivity index (χ1v) is 10.2. The number of rotatable bonds is 6. The van der Waals surface area contributed by atoms with Crippen LogP contribution in [0, 0.1) is 29.6 Å². The Kier molecular flexibility index (Phi) is 7.61. The third-order valence-electron chi connectivity index (χ3n) is 6.53. The van der Waals surface area contributed by atoms with E-state index in [1.807, 2.05) is 0 Å². The van der Waals surface area contributed by atoms with Gasteiger partial charge in [-0.3, -0.25) is 0 Å². The molecule has 0 saturated heterocycles. The Balaban J connectivity index is 2.06. The zero-order valence-corrected chi connectivity index (χ0v) is 15.1. The standard InChI is InChI=1S/C21H40/c1-4-20(18-12-8-5-6-9-13-18)21(16-17(2)3)19-14-10-7-11-15-19/h17-21H,4-16H2,1-3H3. The second-order valence-electron chi connectivity index (χ2n) is 8.52. The molecule has 0 spiro atoms. The molecule has 2 atom stereocenters. The molecule has 2 aliphatic carbocycles. The van der Waals surface area contributed by atoms with Crippen molar-refractivity contribution in [3.05, 3.63) is 0 Å². The Hall–Kier alpha value is 0. The van der Waals surface area contributed by atoms with Gasteiger partial charge in [-0.2, -0.15) is 0 Å². The highest BCUT2D eigenvalue weighted by Gasteiger charge is 2.34. The van der Waals surface area contributed by atoms with Crippen molar-refractivity contribution in [1.29, 1.82) is 0 Å². The third kappa shape index (κ3) is 5.29. The minimum Gasteiger partial charge on any atom is -0.0651 e. The Morgan fingerprint density at radius 2 is 1.10 bits per heavy atom. The summed E-state index contributed by atoms with van der Waals surface area (Å²) in [7, 11) is 0. The predicted molar refractivity (Wildman–Crippen MR) is 94.5 cm³/mol. The van der Waals surface area contributed by atoms with Gasteiger partial charge < -0.3 is 0 Å². The molecule has 2 unspecified atom stereocenters. The van der Waals surface area contributed by atoms with E-state index in [-0.39, 0.29) is 0 Å². The van der Waals surface area contributed by atoms with Crippen LogP contribution in [0.15, 0.2) is 0 Å². The molecular formula is C21H40. The van der Waals surface area contributed by atoms with E-state index in [2.05, 4.69) is 20.8 Å². The summed E-state index contributed by atoms with van der Waals surface area (Å²) in [6.07, 6.45) is 19.7. The maximum atomic E-state index is 2.49. The van der Waals surface area contributed by atoms with Crippen molar-refractivity contribution in [2.45, 2.75) is 104 Å². The normalized spacial score (nSPS) is 25.7. The lowest BCUT2D eigenvalue weighted by atomic mass is 9.65. The summed E-state index contributed by atoms with van der Waals surface area (Å²) in [6, 6.07) is 0. The molecule has 0 radical (unpaired) electrons. The van der Waals surface area contributed by atoms with Crippen molar-refractivity contribution in [2.24, 2.45) is 29.6 Å². The van der Waals surface area contributed by atoms with Crippen molar-refractivity contribution in [1.82, 2.24) is 0 Å². The lowest BCUT2D eigenvalue weighted by Gasteiger charge is -2.40. The van der Waals surface area contributed by atoms with Crippen LogP contribution in [0.5, 0.6) is 0 Å². The third-order valence-corrected chi connectivity index (χ3v) is 6.53. The van der Waals surface area contributed by atoms with Crippen LogP contribution in [0.25, 0.3) is 0 Å². The molecule has 0 nitrogen and oxygen atoms in total. The fourth-order valence-corrected chi connectivity index (χ4v) is 5.55. The van der Waals surface area contributed by atoms with Gasteiger partial charge in [-0.1, -0.05) is 97.8 Å². The van der Waals surface area contributed by atoms with E-state index in [4.69, 9.17) is 0 Å². The predicted octanol–water partition coefficient (Wildman–Crippen LogP) is 7.23. The molecule has 0 aromatic carbocycles. The van der Waals surface area contributed by atoms with Gasteiger partial charge in [0.15, 0.2) is 0 Å². The topological polar surface area (TPSA) is 0 Å². The first-order chi connectivity index (χ1) is 10.2. The molecule has 2 saturated carbocycles. The van der Waals surface area contributed by atoms with E-state index in [0.717, 1.165) is 29.6 Å². The van der Waals surface area contributed by atoms with Gasteiger partial charge in [0.05, 0.1) is 0 Å². The van der Waals surface area contributed by atoms with Crippen LogP contribution in [0.4, 0.5) is 0 Å². The maximum absolute atomic E-state index is 2.49. The van der Waals surface area contributed by atoms with Gasteiger partial charge in [0.1, 0.15) is 0 Å². The van der Waals surface area contributed by atoms with Gasteiger partial charge in [0.25, 0.3) is 0 Å². The lowest BCUT2D eigenvalue weighted by molar-refractivity contribution is 0.0972. The maximum Gasteiger partial charge on any atom is -0.0352 e. The fraction of sp³-hybridized carbons (Fsp3) is 1.00. The van der Waals surface area contributed by atoms with E-state index in [9.17, 15) is 0 Å². The van der Waals surface area contributed by atoms with E-state index in [1.165, 1.54) is 57.8 Å². The van der Waals surface area contributed by atoms with Gasteiger partial charge in [-0.15, -0.1) is 0 Å². The number of hydrogen-bond acceptors (Lipinski definition) is 0. The monoisotopic (exact) mass is 292 g/mol. The molecule has 0 heterocycles. The van der Waals surface area contributed by atoms with E-state index >= 15 is 0 Å². The summed E-state index contributed by atoms with van der Waals surface area (Å²) in [4.78, 5) is 0. The second kappa shape index (κ2) is 9.21. The molecule has 124 valence electrons. The summed E-state index contributed by atoms with van der Waals surface area (Å²) in [5.41, 5.74) is 0. The molecule has 0 aliphatic heterocycles. The zero-order chi connectivity index (χ0) is 15.1. The quantitative estimate of drug-likeness (QED) is 0.453. The Bertz CT molecular complexity index is 253.